The van der Waals surface area contributed by atoms with Gasteiger partial charge in [-0.15, -0.1) is 11.3 Å². The zero-order chi connectivity index (χ0) is 50.1. The zero-order valence-electron chi connectivity index (χ0n) is 43.9. The molecule has 0 N–H and O–H groups in total. The Morgan fingerprint density at radius 2 is 1.09 bits per heavy atom. The summed E-state index contributed by atoms with van der Waals surface area (Å²) in [5, 5.41) is 1.23. The molecule has 0 unspecified atom stereocenters. The lowest BCUT2D eigenvalue weighted by atomic mass is 9.96. The number of furan rings is 1. The third-order valence-corrected chi connectivity index (χ3v) is 10.5. The highest BCUT2D eigenvalue weighted by molar-refractivity contribution is 7.26. The van der Waals surface area contributed by atoms with Gasteiger partial charge in [0.05, 0.1) is 20.6 Å². The lowest BCUT2D eigenvalue weighted by molar-refractivity contribution is 0.669. The van der Waals surface area contributed by atoms with E-state index < -0.39 is 107 Å². The third kappa shape index (κ3) is 5.56. The molecular formula is C51H31N3OS. The van der Waals surface area contributed by atoms with Gasteiger partial charge < -0.3 is 4.42 Å². The van der Waals surface area contributed by atoms with E-state index in [2.05, 4.69) is 0 Å². The van der Waals surface area contributed by atoms with Crippen molar-refractivity contribution in [3.05, 3.63) is 188 Å². The van der Waals surface area contributed by atoms with Gasteiger partial charge in [-0.1, -0.05) is 157 Å². The van der Waals surface area contributed by atoms with E-state index in [4.69, 9.17) is 33.1 Å². The highest BCUT2D eigenvalue weighted by Crippen LogP contribution is 2.42. The second kappa shape index (κ2) is 13.3. The summed E-state index contributed by atoms with van der Waals surface area (Å²) in [7, 11) is 0. The molecule has 0 saturated carbocycles. The summed E-state index contributed by atoms with van der Waals surface area (Å²) in [5.74, 6) is 0.234. The fourth-order valence-corrected chi connectivity index (χ4v) is 7.88. The van der Waals surface area contributed by atoms with Crippen molar-refractivity contribution < 1.29 is 25.0 Å². The fourth-order valence-electron chi connectivity index (χ4n) is 6.86. The topological polar surface area (TPSA) is 51.8 Å². The van der Waals surface area contributed by atoms with E-state index in [1.807, 2.05) is 91.0 Å². The van der Waals surface area contributed by atoms with E-state index in [0.717, 1.165) is 27.8 Å². The smallest absolute Gasteiger partial charge is 0.164 e. The minimum atomic E-state index is -0.822. The van der Waals surface area contributed by atoms with E-state index in [9.17, 15) is 6.85 Å². The highest BCUT2D eigenvalue weighted by Gasteiger charge is 2.19. The molecule has 0 aliphatic carbocycles. The monoisotopic (exact) mass is 748 g/mol. The van der Waals surface area contributed by atoms with Crippen LogP contribution < -0.4 is 0 Å². The Morgan fingerprint density at radius 1 is 0.393 bits per heavy atom. The molecule has 5 heteroatoms. The predicted octanol–water partition coefficient (Wildman–Crippen LogP) is 14.1. The number of rotatable bonds is 6. The molecule has 0 fully saturated rings. The van der Waals surface area contributed by atoms with Crippen molar-refractivity contribution in [1.29, 1.82) is 0 Å². The maximum Gasteiger partial charge on any atom is 0.164 e. The minimum Gasteiger partial charge on any atom is -0.456 e. The Bertz CT molecular complexity index is 4090. The van der Waals surface area contributed by atoms with Gasteiger partial charge in [-0.3, -0.25) is 0 Å². The van der Waals surface area contributed by atoms with Crippen LogP contribution in [-0.2, 0) is 0 Å². The van der Waals surface area contributed by atoms with Crippen LogP contribution in [0.15, 0.2) is 192 Å². The molecule has 0 bridgehead atoms. The van der Waals surface area contributed by atoms with E-state index in [1.54, 1.807) is 6.07 Å². The summed E-state index contributed by atoms with van der Waals surface area (Å²) in [5.41, 5.74) is 1.96. The van der Waals surface area contributed by atoms with Gasteiger partial charge >= 0.3 is 0 Å². The molecule has 0 saturated heterocycles. The van der Waals surface area contributed by atoms with Crippen molar-refractivity contribution in [3.63, 3.8) is 0 Å². The second-order valence-corrected chi connectivity index (χ2v) is 13.8. The maximum absolute atomic E-state index is 9.80. The van der Waals surface area contributed by atoms with Crippen molar-refractivity contribution in [3.8, 4) is 67.5 Å². The van der Waals surface area contributed by atoms with Crippen LogP contribution in [-0.4, -0.2) is 15.0 Å². The second-order valence-electron chi connectivity index (χ2n) is 12.8. The number of hydrogen-bond donors (Lipinski definition) is 0. The van der Waals surface area contributed by atoms with Crippen LogP contribution >= 0.6 is 11.3 Å². The van der Waals surface area contributed by atoms with Gasteiger partial charge in [0.25, 0.3) is 0 Å². The van der Waals surface area contributed by atoms with Crippen LogP contribution in [0.3, 0.4) is 0 Å². The number of thiophene rings is 1. The molecular weight excluding hydrogens is 703 g/mol. The number of para-hydroxylation sites is 1. The average molecular weight is 749 g/mol. The maximum atomic E-state index is 9.80. The predicted molar refractivity (Wildman–Crippen MR) is 233 cm³/mol. The van der Waals surface area contributed by atoms with Gasteiger partial charge in [-0.25, -0.2) is 15.0 Å². The standard InChI is InChI=1S/C51H31N3OS/c1-3-12-32(13-4-1)34-24-26-35(27-25-34)49-52-50(54-51(53-49)42-20-10-22-44-47(42)40-18-7-8-21-43(40)55-44)38-28-29-41-46(31-38)56-45-23-11-19-39(48(41)45)37-17-9-16-36(30-37)33-14-5-2-6-15-33/h1-31H/i2D,5D,6D,9D,11D,14D,15D,16D,17D,19D,23D,28D,29D,30D,31D. The highest BCUT2D eigenvalue weighted by atomic mass is 32.1. The van der Waals surface area contributed by atoms with Crippen molar-refractivity contribution >= 4 is 53.4 Å². The molecule has 8 aromatic carbocycles. The van der Waals surface area contributed by atoms with Gasteiger partial charge in [-0.05, 0) is 63.6 Å². The Morgan fingerprint density at radius 3 is 1.96 bits per heavy atom. The first kappa shape index (κ1) is 20.5. The molecule has 0 amide bonds. The van der Waals surface area contributed by atoms with Gasteiger partial charge in [0.15, 0.2) is 17.5 Å². The first-order valence-corrected chi connectivity index (χ1v) is 18.3. The quantitative estimate of drug-likeness (QED) is 0.170. The molecule has 11 aromatic rings. The molecule has 0 aliphatic heterocycles. The van der Waals surface area contributed by atoms with Crippen molar-refractivity contribution in [2.75, 3.05) is 0 Å². The molecule has 56 heavy (non-hydrogen) atoms. The molecule has 0 aliphatic rings. The lowest BCUT2D eigenvalue weighted by Crippen LogP contribution is -2.00. The van der Waals surface area contributed by atoms with Crippen LogP contribution in [0.2, 0.25) is 0 Å². The van der Waals surface area contributed by atoms with Crippen molar-refractivity contribution in [2.24, 2.45) is 0 Å². The summed E-state index contributed by atoms with van der Waals surface area (Å²) in [6.45, 7) is 0. The molecule has 0 atom stereocenters. The summed E-state index contributed by atoms with van der Waals surface area (Å²) in [4.78, 5) is 14.7. The molecule has 262 valence electrons. The van der Waals surface area contributed by atoms with Crippen LogP contribution in [0.1, 0.15) is 20.6 Å². The number of fused-ring (bicyclic) bond motifs is 6. The minimum absolute atomic E-state index is 0.0153. The molecule has 11 rings (SSSR count). The molecule has 3 aromatic heterocycles. The Kier molecular flexibility index (Phi) is 4.85. The zero-order valence-corrected chi connectivity index (χ0v) is 29.7. The van der Waals surface area contributed by atoms with Gasteiger partial charge in [-0.2, -0.15) is 0 Å². The summed E-state index contributed by atoms with van der Waals surface area (Å²) < 4.78 is 141. The molecule has 4 nitrogen and oxygen atoms in total. The molecule has 3 heterocycles. The number of nitrogens with zero attached hydrogens (tertiary/aromatic N) is 3. The third-order valence-electron chi connectivity index (χ3n) is 9.45. The van der Waals surface area contributed by atoms with E-state index in [0.29, 0.717) is 27.7 Å². The van der Waals surface area contributed by atoms with E-state index in [1.165, 1.54) is 0 Å². The Balaban J connectivity index is 1.19. The number of hydrogen-bond acceptors (Lipinski definition) is 5. The van der Waals surface area contributed by atoms with Gasteiger partial charge in [0.1, 0.15) is 11.2 Å². The van der Waals surface area contributed by atoms with Crippen LogP contribution in [0.4, 0.5) is 0 Å². The first-order chi connectivity index (χ1) is 34.0. The summed E-state index contributed by atoms with van der Waals surface area (Å²) in [6.07, 6.45) is 0. The largest absolute Gasteiger partial charge is 0.456 e. The Hall–Kier alpha value is -7.21. The van der Waals surface area contributed by atoms with Crippen molar-refractivity contribution in [2.45, 2.75) is 0 Å². The Labute approximate surface area is 348 Å². The van der Waals surface area contributed by atoms with Crippen LogP contribution in [0.25, 0.3) is 110 Å². The van der Waals surface area contributed by atoms with Gasteiger partial charge in [0.2, 0.25) is 0 Å². The molecule has 0 radical (unpaired) electrons. The normalized spacial score (nSPS) is 15.3. The average Bonchev–Trinajstić information content (AvgIpc) is 3.98. The fraction of sp³-hybridized carbons (Fsp3) is 0. The molecule has 0 spiro atoms. The number of benzene rings is 8. The van der Waals surface area contributed by atoms with E-state index >= 15 is 0 Å². The van der Waals surface area contributed by atoms with Crippen LogP contribution in [0, 0.1) is 0 Å². The number of aromatic nitrogens is 3. The van der Waals surface area contributed by atoms with E-state index in [-0.39, 0.29) is 49.3 Å². The van der Waals surface area contributed by atoms with Crippen LogP contribution in [0.5, 0.6) is 0 Å². The SMILES string of the molecule is [2H]c1c([2H])c([2H])c(-c2c([2H])c([2H])c([2H])c(-c3c([2H])c([2H])c([2H])c4sc5c([2H])c(-c6nc(-c7ccc(-c8ccccc8)cc7)nc(-c7cccc8oc9ccccc9c78)n6)c([2H])c([2H])c5c34)c2[2H])c([2H])c1[2H]. The first-order valence-electron chi connectivity index (χ1n) is 25.0. The summed E-state index contributed by atoms with van der Waals surface area (Å²) >= 11 is 0.811. The van der Waals surface area contributed by atoms with Gasteiger partial charge in [0, 0.05) is 47.6 Å². The lowest BCUT2D eigenvalue weighted by Gasteiger charge is -2.10. The van der Waals surface area contributed by atoms with Crippen molar-refractivity contribution in [1.82, 2.24) is 15.0 Å². The summed E-state index contributed by atoms with van der Waals surface area (Å²) in [6, 6.07) is 20.0.